The Balaban J connectivity index is 1.42. The summed E-state index contributed by atoms with van der Waals surface area (Å²) >= 11 is 0. The fraction of sp³-hybridized carbons (Fsp3) is 0.103. The number of carbonyl (C=O) groups is 1. The van der Waals surface area contributed by atoms with Gasteiger partial charge in [-0.1, -0.05) is 12.1 Å². The summed E-state index contributed by atoms with van der Waals surface area (Å²) in [5, 5.41) is 23.5. The lowest BCUT2D eigenvalue weighted by molar-refractivity contribution is 0.102. The average Bonchev–Trinajstić information content (AvgIpc) is 2.90. The first-order chi connectivity index (χ1) is 19.2. The van der Waals surface area contributed by atoms with Crippen LogP contribution < -0.4 is 14.8 Å². The first kappa shape index (κ1) is 26.3. The maximum Gasteiger partial charge on any atom is 0.261 e. The lowest BCUT2D eigenvalue weighted by atomic mass is 9.98. The minimum absolute atomic E-state index is 0.0457. The zero-order valence-electron chi connectivity index (χ0n) is 21.5. The minimum atomic E-state index is -0.788. The Bertz CT molecular complexity index is 1780. The van der Waals surface area contributed by atoms with Gasteiger partial charge in [0.05, 0.1) is 18.3 Å². The summed E-state index contributed by atoms with van der Waals surface area (Å²) in [6.07, 6.45) is 1.42. The third-order valence-corrected chi connectivity index (χ3v) is 6.12. The van der Waals surface area contributed by atoms with Crippen LogP contribution in [0.15, 0.2) is 60.8 Å². The van der Waals surface area contributed by atoms with Gasteiger partial charge in [-0.3, -0.25) is 14.8 Å². The minimum Gasteiger partial charge on any atom is -0.506 e. The van der Waals surface area contributed by atoms with Crippen molar-refractivity contribution in [1.29, 1.82) is 0 Å². The second-order valence-electron chi connectivity index (χ2n) is 8.78. The molecule has 0 spiro atoms. The molecule has 3 N–H and O–H groups in total. The molecule has 0 bridgehead atoms. The zero-order chi connectivity index (χ0) is 28.6. The van der Waals surface area contributed by atoms with Crippen molar-refractivity contribution in [2.75, 3.05) is 12.4 Å². The molecular weight excluding hydrogens is 522 g/mol. The van der Waals surface area contributed by atoms with Crippen molar-refractivity contribution in [2.24, 2.45) is 0 Å². The summed E-state index contributed by atoms with van der Waals surface area (Å²) in [6, 6.07) is 12.1. The van der Waals surface area contributed by atoms with E-state index in [9.17, 15) is 19.4 Å². The number of hydrogen-bond donors (Lipinski definition) is 3. The number of hydrogen-bond acceptors (Lipinski definition) is 8. The van der Waals surface area contributed by atoms with E-state index in [4.69, 9.17) is 9.47 Å². The van der Waals surface area contributed by atoms with Crippen molar-refractivity contribution in [3.63, 3.8) is 0 Å². The van der Waals surface area contributed by atoms with E-state index < -0.39 is 17.5 Å². The van der Waals surface area contributed by atoms with Crippen LogP contribution in [0.25, 0.3) is 22.2 Å². The number of methoxy groups -OCH3 is 1. The number of halogens is 2. The van der Waals surface area contributed by atoms with Crippen molar-refractivity contribution in [3.05, 3.63) is 89.4 Å². The van der Waals surface area contributed by atoms with Crippen LogP contribution in [0.1, 0.15) is 21.7 Å². The molecule has 2 aromatic carbocycles. The smallest absolute Gasteiger partial charge is 0.261 e. The van der Waals surface area contributed by atoms with E-state index in [0.717, 1.165) is 6.07 Å². The number of ether oxygens (including phenoxy) is 2. The van der Waals surface area contributed by atoms with Gasteiger partial charge < -0.3 is 25.0 Å². The van der Waals surface area contributed by atoms with E-state index in [1.54, 1.807) is 13.8 Å². The largest absolute Gasteiger partial charge is 0.506 e. The molecule has 0 aliphatic carbocycles. The second-order valence-corrected chi connectivity index (χ2v) is 8.78. The molecule has 3 heterocycles. The van der Waals surface area contributed by atoms with E-state index >= 15 is 4.39 Å². The number of carbonyl (C=O) groups excluding carboxylic acids is 1. The monoisotopic (exact) mass is 544 g/mol. The zero-order valence-corrected chi connectivity index (χ0v) is 21.5. The number of fused-ring (bicyclic) bond motifs is 1. The first-order valence-electron chi connectivity index (χ1n) is 11.9. The van der Waals surface area contributed by atoms with Gasteiger partial charge in [0.15, 0.2) is 23.1 Å². The fourth-order valence-corrected chi connectivity index (χ4v) is 4.29. The SMILES string of the molecule is COc1nc2c(Oc3ccc(NC(=O)c4c(C)nc(C)c(-c5ccc(F)cc5)c4O)cc3F)ccnc2cc1O. The molecule has 1 amide bonds. The van der Waals surface area contributed by atoms with Crippen LogP contribution >= 0.6 is 0 Å². The number of nitrogens with zero attached hydrogens (tertiary/aromatic N) is 3. The van der Waals surface area contributed by atoms with Crippen molar-refractivity contribution >= 4 is 22.6 Å². The highest BCUT2D eigenvalue weighted by Crippen LogP contribution is 2.37. The van der Waals surface area contributed by atoms with E-state index in [-0.39, 0.29) is 56.9 Å². The lowest BCUT2D eigenvalue weighted by Gasteiger charge is -2.15. The Morgan fingerprint density at radius 2 is 1.68 bits per heavy atom. The van der Waals surface area contributed by atoms with Gasteiger partial charge >= 0.3 is 0 Å². The third-order valence-electron chi connectivity index (χ3n) is 6.12. The van der Waals surface area contributed by atoms with Crippen LogP contribution in [0.5, 0.6) is 28.9 Å². The van der Waals surface area contributed by atoms with Gasteiger partial charge in [-0.05, 0) is 43.7 Å². The molecule has 11 heteroatoms. The van der Waals surface area contributed by atoms with Gasteiger partial charge in [-0.15, -0.1) is 0 Å². The number of amides is 1. The summed E-state index contributed by atoms with van der Waals surface area (Å²) in [4.78, 5) is 25.8. The molecule has 0 saturated heterocycles. The Morgan fingerprint density at radius 1 is 0.925 bits per heavy atom. The molecule has 202 valence electrons. The summed E-state index contributed by atoms with van der Waals surface area (Å²) in [5.74, 6) is -2.52. The molecule has 9 nitrogen and oxygen atoms in total. The number of aromatic nitrogens is 3. The van der Waals surface area contributed by atoms with Gasteiger partial charge in [0.2, 0.25) is 0 Å². The number of aromatic hydroxyl groups is 2. The lowest BCUT2D eigenvalue weighted by Crippen LogP contribution is -2.15. The van der Waals surface area contributed by atoms with Crippen LogP contribution in [0.4, 0.5) is 14.5 Å². The predicted octanol–water partition coefficient (Wildman–Crippen LogP) is 6.05. The standard InChI is InChI=1S/C29H22F2N4O5/c1-14-24(16-4-6-17(30)7-5-16)27(37)25(15(2)33-14)28(38)34-18-8-9-22(19(31)12-18)40-23-10-11-32-20-13-21(36)29(39-3)35-26(20)23/h4-13,36H,1-3H3,(H,33,37)(H,34,38). The Labute approximate surface area is 226 Å². The topological polar surface area (TPSA) is 127 Å². The van der Waals surface area contributed by atoms with Gasteiger partial charge in [0.25, 0.3) is 11.8 Å². The molecule has 5 aromatic rings. The quantitative estimate of drug-likeness (QED) is 0.236. The molecule has 0 radical (unpaired) electrons. The average molecular weight is 545 g/mol. The van der Waals surface area contributed by atoms with Crippen LogP contribution in [-0.4, -0.2) is 38.2 Å². The van der Waals surface area contributed by atoms with Crippen LogP contribution in [-0.2, 0) is 0 Å². The van der Waals surface area contributed by atoms with E-state index in [2.05, 4.69) is 20.3 Å². The Morgan fingerprint density at radius 3 is 2.38 bits per heavy atom. The highest BCUT2D eigenvalue weighted by Gasteiger charge is 2.23. The maximum atomic E-state index is 15.1. The Hall–Kier alpha value is -5.32. The molecule has 0 atom stereocenters. The molecular formula is C29H22F2N4O5. The fourth-order valence-electron chi connectivity index (χ4n) is 4.29. The highest BCUT2D eigenvalue weighted by atomic mass is 19.1. The predicted molar refractivity (Wildman–Crippen MR) is 143 cm³/mol. The van der Waals surface area contributed by atoms with Crippen molar-refractivity contribution < 1.29 is 33.3 Å². The molecule has 3 aromatic heterocycles. The summed E-state index contributed by atoms with van der Waals surface area (Å²) in [7, 11) is 1.34. The van der Waals surface area contributed by atoms with Crippen LogP contribution in [0.2, 0.25) is 0 Å². The van der Waals surface area contributed by atoms with Crippen LogP contribution in [0, 0.1) is 25.5 Å². The summed E-state index contributed by atoms with van der Waals surface area (Å²) in [6.45, 7) is 3.23. The van der Waals surface area contributed by atoms with Gasteiger partial charge in [-0.2, -0.15) is 0 Å². The number of benzene rings is 2. The molecule has 0 saturated carbocycles. The van der Waals surface area contributed by atoms with Gasteiger partial charge in [-0.25, -0.2) is 13.8 Å². The number of anilines is 1. The number of aryl methyl sites for hydroxylation is 2. The third kappa shape index (κ3) is 4.92. The van der Waals surface area contributed by atoms with E-state index in [1.807, 2.05) is 0 Å². The molecule has 0 fully saturated rings. The second kappa shape index (κ2) is 10.4. The Kier molecular flexibility index (Phi) is 6.87. The van der Waals surface area contributed by atoms with Crippen molar-refractivity contribution in [1.82, 2.24) is 15.0 Å². The molecule has 0 aliphatic rings. The molecule has 40 heavy (non-hydrogen) atoms. The van der Waals surface area contributed by atoms with Gasteiger partial charge in [0, 0.05) is 41.3 Å². The van der Waals surface area contributed by atoms with E-state index in [0.29, 0.717) is 16.8 Å². The molecule has 0 unspecified atom stereocenters. The van der Waals surface area contributed by atoms with Crippen LogP contribution in [0.3, 0.4) is 0 Å². The highest BCUT2D eigenvalue weighted by molar-refractivity contribution is 6.08. The normalized spacial score (nSPS) is 10.9. The summed E-state index contributed by atoms with van der Waals surface area (Å²) in [5.41, 5.74) is 2.03. The maximum absolute atomic E-state index is 15.1. The first-order valence-corrected chi connectivity index (χ1v) is 11.9. The molecule has 5 rings (SSSR count). The summed E-state index contributed by atoms with van der Waals surface area (Å²) < 4.78 is 39.2. The van der Waals surface area contributed by atoms with Crippen molar-refractivity contribution in [2.45, 2.75) is 13.8 Å². The van der Waals surface area contributed by atoms with E-state index in [1.165, 1.54) is 61.8 Å². The number of nitrogens with one attached hydrogen (secondary N) is 1. The van der Waals surface area contributed by atoms with Gasteiger partial charge in [0.1, 0.15) is 22.6 Å². The number of pyridine rings is 3. The number of rotatable bonds is 6. The van der Waals surface area contributed by atoms with Crippen molar-refractivity contribution in [3.8, 4) is 40.0 Å². The molecule has 0 aliphatic heterocycles.